The predicted octanol–water partition coefficient (Wildman–Crippen LogP) is 2.13. The van der Waals surface area contributed by atoms with Gasteiger partial charge in [-0.05, 0) is 18.8 Å². The van der Waals surface area contributed by atoms with Gasteiger partial charge < -0.3 is 10.4 Å². The van der Waals surface area contributed by atoms with E-state index in [1.807, 2.05) is 31.4 Å². The number of nitrogens with zero attached hydrogens (tertiary/aromatic N) is 1. The van der Waals surface area contributed by atoms with Gasteiger partial charge in [0.25, 0.3) is 0 Å². The Labute approximate surface area is 101 Å². The van der Waals surface area contributed by atoms with E-state index < -0.39 is 0 Å². The Morgan fingerprint density at radius 1 is 1.56 bits per heavy atom. The first-order valence-corrected chi connectivity index (χ1v) is 6.82. The first kappa shape index (κ1) is 12.0. The number of aromatic nitrogens is 1. The highest BCUT2D eigenvalue weighted by Gasteiger charge is 2.26. The van der Waals surface area contributed by atoms with E-state index >= 15 is 0 Å². The minimum Gasteiger partial charge on any atom is -0.392 e. The Morgan fingerprint density at radius 2 is 2.31 bits per heavy atom. The molecule has 0 spiro atoms. The Balaban J connectivity index is 1.72. The van der Waals surface area contributed by atoms with Gasteiger partial charge in [-0.3, -0.25) is 0 Å². The fourth-order valence-corrected chi connectivity index (χ4v) is 2.56. The van der Waals surface area contributed by atoms with E-state index in [2.05, 4.69) is 10.3 Å². The topological polar surface area (TPSA) is 45.1 Å². The highest BCUT2D eigenvalue weighted by atomic mass is 32.1. The van der Waals surface area contributed by atoms with Crippen LogP contribution in [0.1, 0.15) is 42.5 Å². The summed E-state index contributed by atoms with van der Waals surface area (Å²) in [6.45, 7) is 5.55. The summed E-state index contributed by atoms with van der Waals surface area (Å²) in [6, 6.07) is 0. The highest BCUT2D eigenvalue weighted by Crippen LogP contribution is 2.41. The van der Waals surface area contributed by atoms with E-state index in [0.717, 1.165) is 12.5 Å². The highest BCUT2D eigenvalue weighted by molar-refractivity contribution is 7.11. The predicted molar refractivity (Wildman–Crippen MR) is 66.6 cm³/mol. The standard InChI is InChI=1S/C12H20N2OS/c1-8(2)11(15)7-13-5-10-6-14-12(16-10)9-3-4-9/h6,8-9,11,13,15H,3-5,7H2,1-2H3. The average molecular weight is 240 g/mol. The van der Waals surface area contributed by atoms with Crippen molar-refractivity contribution in [2.24, 2.45) is 5.92 Å². The van der Waals surface area contributed by atoms with E-state index in [0.29, 0.717) is 12.5 Å². The SMILES string of the molecule is CC(C)C(O)CNCc1cnc(C2CC2)s1. The molecule has 1 unspecified atom stereocenters. The fraction of sp³-hybridized carbons (Fsp3) is 0.750. The van der Waals surface area contributed by atoms with Crippen LogP contribution in [-0.4, -0.2) is 22.7 Å². The molecule has 1 aromatic rings. The van der Waals surface area contributed by atoms with Gasteiger partial charge in [0.1, 0.15) is 0 Å². The molecule has 0 amide bonds. The zero-order chi connectivity index (χ0) is 11.5. The second-order valence-electron chi connectivity index (χ2n) is 4.88. The van der Waals surface area contributed by atoms with Crippen molar-refractivity contribution in [3.05, 3.63) is 16.1 Å². The van der Waals surface area contributed by atoms with Crippen LogP contribution in [0.5, 0.6) is 0 Å². The summed E-state index contributed by atoms with van der Waals surface area (Å²) in [6.07, 6.45) is 4.34. The van der Waals surface area contributed by atoms with Crippen LogP contribution >= 0.6 is 11.3 Å². The van der Waals surface area contributed by atoms with Crippen LogP contribution in [0.2, 0.25) is 0 Å². The molecule has 1 fully saturated rings. The van der Waals surface area contributed by atoms with Gasteiger partial charge in [0.05, 0.1) is 11.1 Å². The van der Waals surface area contributed by atoms with Crippen molar-refractivity contribution >= 4 is 11.3 Å². The molecule has 0 saturated heterocycles. The van der Waals surface area contributed by atoms with Crippen LogP contribution < -0.4 is 5.32 Å². The van der Waals surface area contributed by atoms with Crippen LogP contribution in [0.3, 0.4) is 0 Å². The Morgan fingerprint density at radius 3 is 2.94 bits per heavy atom. The lowest BCUT2D eigenvalue weighted by atomic mass is 10.1. The molecule has 1 saturated carbocycles. The van der Waals surface area contributed by atoms with Crippen LogP contribution in [0, 0.1) is 5.92 Å². The molecule has 2 rings (SSSR count). The molecule has 0 radical (unpaired) electrons. The third-order valence-electron chi connectivity index (χ3n) is 2.92. The number of hydrogen-bond acceptors (Lipinski definition) is 4. The number of rotatable bonds is 6. The number of thiazole rings is 1. The molecule has 1 aliphatic carbocycles. The van der Waals surface area contributed by atoms with Gasteiger partial charge in [0, 0.05) is 30.1 Å². The first-order valence-electron chi connectivity index (χ1n) is 6.00. The molecule has 0 aromatic carbocycles. The minimum atomic E-state index is -0.254. The maximum Gasteiger partial charge on any atom is 0.0959 e. The number of nitrogens with one attached hydrogen (secondary N) is 1. The van der Waals surface area contributed by atoms with Crippen molar-refractivity contribution in [2.75, 3.05) is 6.54 Å². The fourth-order valence-electron chi connectivity index (χ4n) is 1.50. The number of aliphatic hydroxyl groups excluding tert-OH is 1. The van der Waals surface area contributed by atoms with Gasteiger partial charge in [-0.25, -0.2) is 4.98 Å². The maximum absolute atomic E-state index is 9.63. The lowest BCUT2D eigenvalue weighted by molar-refractivity contribution is 0.123. The van der Waals surface area contributed by atoms with Crippen LogP contribution in [0.15, 0.2) is 6.20 Å². The molecule has 4 heteroatoms. The summed E-state index contributed by atoms with van der Waals surface area (Å²) in [4.78, 5) is 5.70. The summed E-state index contributed by atoms with van der Waals surface area (Å²) in [5.41, 5.74) is 0. The lowest BCUT2D eigenvalue weighted by Gasteiger charge is -2.14. The summed E-state index contributed by atoms with van der Waals surface area (Å²) in [5, 5.41) is 14.2. The second kappa shape index (κ2) is 5.25. The molecule has 1 aromatic heterocycles. The minimum absolute atomic E-state index is 0.254. The summed E-state index contributed by atoms with van der Waals surface area (Å²) in [5.74, 6) is 1.07. The van der Waals surface area contributed by atoms with E-state index in [4.69, 9.17) is 0 Å². The third kappa shape index (κ3) is 3.27. The first-order chi connectivity index (χ1) is 7.66. The van der Waals surface area contributed by atoms with Gasteiger partial charge in [0.15, 0.2) is 0 Å². The number of hydrogen-bond donors (Lipinski definition) is 2. The monoisotopic (exact) mass is 240 g/mol. The Kier molecular flexibility index (Phi) is 3.95. The molecule has 1 atom stereocenters. The van der Waals surface area contributed by atoms with Gasteiger partial charge >= 0.3 is 0 Å². The lowest BCUT2D eigenvalue weighted by Crippen LogP contribution is -2.29. The smallest absolute Gasteiger partial charge is 0.0959 e. The van der Waals surface area contributed by atoms with Gasteiger partial charge in [-0.1, -0.05) is 13.8 Å². The van der Waals surface area contributed by atoms with Gasteiger partial charge in [0.2, 0.25) is 0 Å². The number of aliphatic hydroxyl groups is 1. The normalized spacial score (nSPS) is 18.0. The largest absolute Gasteiger partial charge is 0.392 e. The van der Waals surface area contributed by atoms with Gasteiger partial charge in [-0.15, -0.1) is 11.3 Å². The maximum atomic E-state index is 9.63. The molecule has 3 nitrogen and oxygen atoms in total. The quantitative estimate of drug-likeness (QED) is 0.800. The van der Waals surface area contributed by atoms with Crippen molar-refractivity contribution in [3.63, 3.8) is 0 Å². The van der Waals surface area contributed by atoms with Crippen molar-refractivity contribution in [3.8, 4) is 0 Å². The van der Waals surface area contributed by atoms with Crippen molar-refractivity contribution < 1.29 is 5.11 Å². The van der Waals surface area contributed by atoms with Crippen molar-refractivity contribution in [1.82, 2.24) is 10.3 Å². The Hall–Kier alpha value is -0.450. The third-order valence-corrected chi connectivity index (χ3v) is 4.08. The second-order valence-corrected chi connectivity index (χ2v) is 6.03. The molecule has 1 aliphatic rings. The zero-order valence-electron chi connectivity index (χ0n) is 9.94. The van der Waals surface area contributed by atoms with Crippen molar-refractivity contribution in [1.29, 1.82) is 0 Å². The van der Waals surface area contributed by atoms with Crippen LogP contribution in [0.4, 0.5) is 0 Å². The van der Waals surface area contributed by atoms with Crippen molar-refractivity contribution in [2.45, 2.75) is 45.3 Å². The van der Waals surface area contributed by atoms with Crippen LogP contribution in [0.25, 0.3) is 0 Å². The van der Waals surface area contributed by atoms with E-state index in [-0.39, 0.29) is 6.10 Å². The molecular formula is C12H20N2OS. The summed E-state index contributed by atoms with van der Waals surface area (Å²) in [7, 11) is 0. The Bertz CT molecular complexity index is 334. The zero-order valence-corrected chi connectivity index (χ0v) is 10.8. The molecular weight excluding hydrogens is 220 g/mol. The summed E-state index contributed by atoms with van der Waals surface area (Å²) >= 11 is 1.81. The average Bonchev–Trinajstić information content (AvgIpc) is 2.99. The van der Waals surface area contributed by atoms with E-state index in [1.54, 1.807) is 0 Å². The van der Waals surface area contributed by atoms with Crippen LogP contribution in [-0.2, 0) is 6.54 Å². The van der Waals surface area contributed by atoms with Gasteiger partial charge in [-0.2, -0.15) is 0 Å². The molecule has 0 aliphatic heterocycles. The molecule has 16 heavy (non-hydrogen) atoms. The van der Waals surface area contributed by atoms with E-state index in [1.165, 1.54) is 22.7 Å². The molecule has 1 heterocycles. The molecule has 2 N–H and O–H groups in total. The van der Waals surface area contributed by atoms with E-state index in [9.17, 15) is 5.11 Å². The molecule has 0 bridgehead atoms. The molecule has 90 valence electrons. The summed E-state index contributed by atoms with van der Waals surface area (Å²) < 4.78 is 0.